The zero-order chi connectivity index (χ0) is 22.3. The lowest BCUT2D eigenvalue weighted by Gasteiger charge is -2.31. The lowest BCUT2D eigenvalue weighted by atomic mass is 9.95. The average molecular weight is 435 g/mol. The Morgan fingerprint density at radius 1 is 1.19 bits per heavy atom. The van der Waals surface area contributed by atoms with Gasteiger partial charge in [0.25, 0.3) is 5.56 Å². The van der Waals surface area contributed by atoms with Crippen LogP contribution in [0.5, 0.6) is 5.75 Å². The first-order valence-electron chi connectivity index (χ1n) is 11.1. The van der Waals surface area contributed by atoms with Gasteiger partial charge in [-0.3, -0.25) is 14.7 Å². The number of nitrogens with zero attached hydrogens (tertiary/aromatic N) is 3. The van der Waals surface area contributed by atoms with E-state index in [1.54, 1.807) is 25.6 Å². The number of nitrogens with one attached hydrogen (secondary N) is 1. The summed E-state index contributed by atoms with van der Waals surface area (Å²) in [6, 6.07) is 11.6. The molecule has 1 aliphatic heterocycles. The number of hydrogen-bond donors (Lipinski definition) is 1. The van der Waals surface area contributed by atoms with Gasteiger partial charge in [-0.1, -0.05) is 6.07 Å². The van der Waals surface area contributed by atoms with Crippen LogP contribution in [0.4, 0.5) is 0 Å². The number of H-pyrrole nitrogens is 1. The van der Waals surface area contributed by atoms with Gasteiger partial charge in [-0.2, -0.15) is 0 Å². The summed E-state index contributed by atoms with van der Waals surface area (Å²) in [5, 5.41) is 0. The lowest BCUT2D eigenvalue weighted by molar-refractivity contribution is 0.131. The molecule has 0 spiro atoms. The fraction of sp³-hybridized carbons (Fsp3) is 0.400. The van der Waals surface area contributed by atoms with Crippen molar-refractivity contribution in [2.45, 2.75) is 38.8 Å². The first-order valence-corrected chi connectivity index (χ1v) is 11.1. The molecular formula is C25H30N4O3. The number of pyridine rings is 1. The summed E-state index contributed by atoms with van der Waals surface area (Å²) >= 11 is 0. The van der Waals surface area contributed by atoms with Gasteiger partial charge in [0.1, 0.15) is 11.6 Å². The molecule has 3 aromatic rings. The third-order valence-corrected chi connectivity index (χ3v) is 5.90. The second kappa shape index (κ2) is 10.5. The Labute approximate surface area is 188 Å². The second-order valence-corrected chi connectivity index (χ2v) is 8.09. The van der Waals surface area contributed by atoms with Crippen LogP contribution in [0.25, 0.3) is 11.3 Å². The van der Waals surface area contributed by atoms with Gasteiger partial charge in [-0.15, -0.1) is 0 Å². The van der Waals surface area contributed by atoms with E-state index in [4.69, 9.17) is 14.5 Å². The number of piperidine rings is 1. The topological polar surface area (TPSA) is 80.3 Å². The van der Waals surface area contributed by atoms with Crippen molar-refractivity contribution in [3.8, 4) is 17.0 Å². The molecular weight excluding hydrogens is 404 g/mol. The normalized spacial score (nSPS) is 15.1. The Bertz CT molecular complexity index is 1080. The van der Waals surface area contributed by atoms with Gasteiger partial charge in [0.2, 0.25) is 0 Å². The van der Waals surface area contributed by atoms with Crippen LogP contribution in [0.1, 0.15) is 42.6 Å². The van der Waals surface area contributed by atoms with Gasteiger partial charge in [0, 0.05) is 48.7 Å². The first-order chi connectivity index (χ1) is 15.7. The van der Waals surface area contributed by atoms with Crippen molar-refractivity contribution in [2.75, 3.05) is 26.8 Å². The molecule has 0 radical (unpaired) electrons. The minimum absolute atomic E-state index is 0.114. The van der Waals surface area contributed by atoms with E-state index in [0.717, 1.165) is 55.2 Å². The first kappa shape index (κ1) is 22.2. The zero-order valence-corrected chi connectivity index (χ0v) is 18.7. The van der Waals surface area contributed by atoms with Crippen molar-refractivity contribution in [1.29, 1.82) is 0 Å². The molecule has 3 heterocycles. The van der Waals surface area contributed by atoms with Crippen molar-refractivity contribution in [1.82, 2.24) is 19.9 Å². The van der Waals surface area contributed by atoms with Crippen molar-refractivity contribution in [2.24, 2.45) is 0 Å². The highest BCUT2D eigenvalue weighted by atomic mass is 16.5. The van der Waals surface area contributed by atoms with Gasteiger partial charge >= 0.3 is 0 Å². The van der Waals surface area contributed by atoms with E-state index < -0.39 is 0 Å². The molecule has 168 valence electrons. The third kappa shape index (κ3) is 5.41. The molecule has 0 saturated carbocycles. The number of aromatic nitrogens is 3. The van der Waals surface area contributed by atoms with E-state index in [0.29, 0.717) is 18.9 Å². The van der Waals surface area contributed by atoms with Gasteiger partial charge in [-0.05, 0) is 62.7 Å². The molecule has 4 rings (SSSR count). The molecule has 0 aliphatic carbocycles. The average Bonchev–Trinajstić information content (AvgIpc) is 2.83. The highest BCUT2D eigenvalue weighted by Crippen LogP contribution is 2.28. The molecule has 1 saturated heterocycles. The van der Waals surface area contributed by atoms with Crippen LogP contribution in [0.3, 0.4) is 0 Å². The summed E-state index contributed by atoms with van der Waals surface area (Å²) in [6.45, 7) is 6.03. The number of methoxy groups -OCH3 is 1. The monoisotopic (exact) mass is 434 g/mol. The molecule has 2 aromatic heterocycles. The smallest absolute Gasteiger partial charge is 0.251 e. The van der Waals surface area contributed by atoms with Crippen LogP contribution < -0.4 is 10.3 Å². The molecule has 1 aliphatic rings. The highest BCUT2D eigenvalue weighted by molar-refractivity contribution is 5.56. The van der Waals surface area contributed by atoms with Gasteiger partial charge in [0.05, 0.1) is 19.4 Å². The third-order valence-electron chi connectivity index (χ3n) is 5.90. The maximum Gasteiger partial charge on any atom is 0.251 e. The van der Waals surface area contributed by atoms with Crippen LogP contribution in [0.15, 0.2) is 53.6 Å². The van der Waals surface area contributed by atoms with E-state index in [9.17, 15) is 4.79 Å². The maximum atomic E-state index is 12.2. The number of aromatic amines is 1. The second-order valence-electron chi connectivity index (χ2n) is 8.09. The summed E-state index contributed by atoms with van der Waals surface area (Å²) in [5.74, 6) is 1.89. The Morgan fingerprint density at radius 2 is 2.03 bits per heavy atom. The predicted octanol–water partition coefficient (Wildman–Crippen LogP) is 3.76. The SMILES string of the molecule is CCOCc1cc(CN2CCC(c3nc(-c4cccnc4)cc(=O)[nH]3)CC2)ccc1OC. The molecule has 0 unspecified atom stereocenters. The molecule has 0 atom stereocenters. The minimum Gasteiger partial charge on any atom is -0.496 e. The summed E-state index contributed by atoms with van der Waals surface area (Å²) in [5.41, 5.74) is 3.76. The van der Waals surface area contributed by atoms with Gasteiger partial charge in [0.15, 0.2) is 0 Å². The number of benzene rings is 1. The number of likely N-dealkylation sites (tertiary alicyclic amines) is 1. The standard InChI is InChI=1S/C25H30N4O3/c1-3-32-17-21-13-18(6-7-23(21)31-2)16-29-11-8-19(9-12-29)25-27-22(14-24(30)28-25)20-5-4-10-26-15-20/h4-7,10,13-15,19H,3,8-9,11-12,16-17H2,1-2H3,(H,27,28,30). The molecule has 1 N–H and O–H groups in total. The number of rotatable bonds is 8. The summed E-state index contributed by atoms with van der Waals surface area (Å²) < 4.78 is 11.1. The van der Waals surface area contributed by atoms with Gasteiger partial charge < -0.3 is 14.5 Å². The number of hydrogen-bond acceptors (Lipinski definition) is 6. The van der Waals surface area contributed by atoms with Crippen LogP contribution >= 0.6 is 0 Å². The van der Waals surface area contributed by atoms with E-state index >= 15 is 0 Å². The Hall–Kier alpha value is -3.03. The molecule has 7 heteroatoms. The van der Waals surface area contributed by atoms with Crippen molar-refractivity contribution >= 4 is 0 Å². The summed E-state index contributed by atoms with van der Waals surface area (Å²) in [6.07, 6.45) is 5.38. The van der Waals surface area contributed by atoms with Gasteiger partial charge in [-0.25, -0.2) is 4.98 Å². The zero-order valence-electron chi connectivity index (χ0n) is 18.7. The quantitative estimate of drug-likeness (QED) is 0.582. The van der Waals surface area contributed by atoms with Crippen molar-refractivity contribution in [3.63, 3.8) is 0 Å². The lowest BCUT2D eigenvalue weighted by Crippen LogP contribution is -2.33. The molecule has 0 bridgehead atoms. The Balaban J connectivity index is 1.41. The molecule has 1 fully saturated rings. The van der Waals surface area contributed by atoms with E-state index in [1.807, 2.05) is 25.1 Å². The van der Waals surface area contributed by atoms with Crippen molar-refractivity contribution < 1.29 is 9.47 Å². The molecule has 32 heavy (non-hydrogen) atoms. The van der Waals surface area contributed by atoms with E-state index in [1.165, 1.54) is 5.56 Å². The number of ether oxygens (including phenoxy) is 2. The minimum atomic E-state index is -0.114. The molecule has 0 amide bonds. The maximum absolute atomic E-state index is 12.2. The fourth-order valence-electron chi connectivity index (χ4n) is 4.21. The predicted molar refractivity (Wildman–Crippen MR) is 124 cm³/mol. The molecule has 7 nitrogen and oxygen atoms in total. The fourth-order valence-corrected chi connectivity index (χ4v) is 4.21. The Kier molecular flexibility index (Phi) is 7.29. The van der Waals surface area contributed by atoms with E-state index in [-0.39, 0.29) is 11.5 Å². The largest absolute Gasteiger partial charge is 0.496 e. The highest BCUT2D eigenvalue weighted by Gasteiger charge is 2.23. The van der Waals surface area contributed by atoms with E-state index in [2.05, 4.69) is 27.0 Å². The van der Waals surface area contributed by atoms with Crippen LogP contribution in [-0.4, -0.2) is 46.7 Å². The van der Waals surface area contributed by atoms with Crippen LogP contribution in [0, 0.1) is 0 Å². The van der Waals surface area contributed by atoms with Crippen molar-refractivity contribution in [3.05, 3.63) is 76.1 Å². The molecule has 1 aromatic carbocycles. The Morgan fingerprint density at radius 3 is 2.75 bits per heavy atom. The summed E-state index contributed by atoms with van der Waals surface area (Å²) in [7, 11) is 1.69. The summed E-state index contributed by atoms with van der Waals surface area (Å²) in [4.78, 5) is 26.5. The van der Waals surface area contributed by atoms with Crippen LogP contribution in [-0.2, 0) is 17.9 Å². The van der Waals surface area contributed by atoms with Crippen LogP contribution in [0.2, 0.25) is 0 Å².